The lowest BCUT2D eigenvalue weighted by atomic mass is 10.1. The van der Waals surface area contributed by atoms with Crippen molar-refractivity contribution in [3.8, 4) is 0 Å². The van der Waals surface area contributed by atoms with Crippen LogP contribution in [-0.2, 0) is 11.2 Å². The minimum Gasteiger partial charge on any atom is -0.394 e. The zero-order valence-electron chi connectivity index (χ0n) is 7.89. The summed E-state index contributed by atoms with van der Waals surface area (Å²) in [6.45, 7) is 0.273. The van der Waals surface area contributed by atoms with Crippen LogP contribution in [0.15, 0.2) is 35.3 Å². The Morgan fingerprint density at radius 1 is 1.36 bits per heavy atom. The average Bonchev–Trinajstić information content (AvgIpc) is 2.20. The lowest BCUT2D eigenvalue weighted by Gasteiger charge is -1.95. The third kappa shape index (κ3) is 3.96. The van der Waals surface area contributed by atoms with Gasteiger partial charge in [-0.15, -0.1) is 0 Å². The summed E-state index contributed by atoms with van der Waals surface area (Å²) >= 11 is 0. The number of aliphatic hydroxyl groups is 1. The van der Waals surface area contributed by atoms with Crippen molar-refractivity contribution in [2.24, 2.45) is 4.99 Å². The molecule has 0 saturated carbocycles. The van der Waals surface area contributed by atoms with Crippen molar-refractivity contribution in [1.82, 2.24) is 0 Å². The summed E-state index contributed by atoms with van der Waals surface area (Å²) in [6, 6.07) is 9.50. The topological polar surface area (TPSA) is 49.7 Å². The Hall–Kier alpha value is -1.48. The summed E-state index contributed by atoms with van der Waals surface area (Å²) in [7, 11) is 0. The number of rotatable bonds is 5. The maximum atomic E-state index is 11.3. The standard InChI is InChI=1S/C11H13NO2/c13-7-6-12-9-11(14)8-10-4-2-1-3-5-10/h1-5,9,13H,6-8H2/b12-9+. The molecule has 1 rings (SSSR count). The molecule has 0 heterocycles. The first-order valence-electron chi connectivity index (χ1n) is 4.50. The summed E-state index contributed by atoms with van der Waals surface area (Å²) in [5.74, 6) is -0.0374. The van der Waals surface area contributed by atoms with Crippen LogP contribution < -0.4 is 0 Å². The van der Waals surface area contributed by atoms with Gasteiger partial charge in [0.1, 0.15) is 0 Å². The molecule has 74 valence electrons. The largest absolute Gasteiger partial charge is 0.394 e. The van der Waals surface area contributed by atoms with Gasteiger partial charge in [0, 0.05) is 6.42 Å². The maximum Gasteiger partial charge on any atom is 0.177 e. The van der Waals surface area contributed by atoms with Crippen molar-refractivity contribution in [2.45, 2.75) is 6.42 Å². The third-order valence-corrected chi connectivity index (χ3v) is 1.69. The SMILES string of the molecule is O=C(/C=N/CCO)Cc1ccccc1. The number of carbonyl (C=O) groups is 1. The first kappa shape index (κ1) is 10.6. The van der Waals surface area contributed by atoms with E-state index in [0.29, 0.717) is 13.0 Å². The van der Waals surface area contributed by atoms with Crippen molar-refractivity contribution < 1.29 is 9.90 Å². The molecule has 3 nitrogen and oxygen atoms in total. The van der Waals surface area contributed by atoms with Crippen LogP contribution in [-0.4, -0.2) is 30.3 Å². The van der Waals surface area contributed by atoms with Crippen LogP contribution in [0.1, 0.15) is 5.56 Å². The summed E-state index contributed by atoms with van der Waals surface area (Å²) in [4.78, 5) is 15.0. The maximum absolute atomic E-state index is 11.3. The quantitative estimate of drug-likeness (QED) is 0.702. The predicted molar refractivity (Wildman–Crippen MR) is 55.6 cm³/mol. The second-order valence-corrected chi connectivity index (χ2v) is 2.89. The molecule has 0 aromatic heterocycles. The summed E-state index contributed by atoms with van der Waals surface area (Å²) < 4.78 is 0. The van der Waals surface area contributed by atoms with Gasteiger partial charge in [0.05, 0.1) is 19.4 Å². The van der Waals surface area contributed by atoms with Crippen LogP contribution in [0.2, 0.25) is 0 Å². The highest BCUT2D eigenvalue weighted by Gasteiger charge is 1.98. The second kappa shape index (κ2) is 6.05. The molecular formula is C11H13NO2. The lowest BCUT2D eigenvalue weighted by Crippen LogP contribution is -2.04. The number of aliphatic imine (C=N–C) groups is 1. The average molecular weight is 191 g/mol. The highest BCUT2D eigenvalue weighted by molar-refractivity contribution is 6.28. The molecular weight excluding hydrogens is 178 g/mol. The molecule has 0 amide bonds. The number of aliphatic hydroxyl groups excluding tert-OH is 1. The van der Waals surface area contributed by atoms with Crippen LogP contribution in [0.4, 0.5) is 0 Å². The van der Waals surface area contributed by atoms with E-state index in [9.17, 15) is 4.79 Å². The van der Waals surface area contributed by atoms with Gasteiger partial charge in [0.15, 0.2) is 5.78 Å². The predicted octanol–water partition coefficient (Wildman–Crippen LogP) is 0.861. The number of ketones is 1. The van der Waals surface area contributed by atoms with Gasteiger partial charge in [-0.3, -0.25) is 9.79 Å². The molecule has 1 aromatic carbocycles. The highest BCUT2D eigenvalue weighted by Crippen LogP contribution is 1.99. The summed E-state index contributed by atoms with van der Waals surface area (Å²) in [5.41, 5.74) is 0.980. The summed E-state index contributed by atoms with van der Waals surface area (Å²) in [6.07, 6.45) is 1.65. The van der Waals surface area contributed by atoms with Gasteiger partial charge in [-0.25, -0.2) is 0 Å². The van der Waals surface area contributed by atoms with E-state index in [2.05, 4.69) is 4.99 Å². The first-order chi connectivity index (χ1) is 6.83. The Bertz CT molecular complexity index is 306. The van der Waals surface area contributed by atoms with Crippen molar-refractivity contribution in [1.29, 1.82) is 0 Å². The minimum atomic E-state index is -0.0374. The molecule has 14 heavy (non-hydrogen) atoms. The van der Waals surface area contributed by atoms with Crippen LogP contribution in [0.3, 0.4) is 0 Å². The van der Waals surface area contributed by atoms with Gasteiger partial charge in [0.2, 0.25) is 0 Å². The molecule has 0 spiro atoms. The van der Waals surface area contributed by atoms with Gasteiger partial charge in [-0.05, 0) is 5.56 Å². The van der Waals surface area contributed by atoms with E-state index in [0.717, 1.165) is 5.56 Å². The molecule has 0 aliphatic rings. The van der Waals surface area contributed by atoms with Crippen molar-refractivity contribution >= 4 is 12.0 Å². The lowest BCUT2D eigenvalue weighted by molar-refractivity contribution is -0.112. The molecule has 0 bridgehead atoms. The highest BCUT2D eigenvalue weighted by atomic mass is 16.3. The zero-order chi connectivity index (χ0) is 10.2. The number of carbonyl (C=O) groups excluding carboxylic acids is 1. The van der Waals surface area contributed by atoms with E-state index in [1.807, 2.05) is 30.3 Å². The molecule has 0 saturated heterocycles. The minimum absolute atomic E-state index is 0.0187. The van der Waals surface area contributed by atoms with E-state index in [1.54, 1.807) is 0 Å². The van der Waals surface area contributed by atoms with Gasteiger partial charge in [0.25, 0.3) is 0 Å². The van der Waals surface area contributed by atoms with Gasteiger partial charge in [-0.1, -0.05) is 30.3 Å². The van der Waals surface area contributed by atoms with Crippen LogP contribution in [0, 0.1) is 0 Å². The van der Waals surface area contributed by atoms with E-state index >= 15 is 0 Å². The molecule has 3 heteroatoms. The van der Waals surface area contributed by atoms with Gasteiger partial charge >= 0.3 is 0 Å². The Balaban J connectivity index is 2.42. The molecule has 0 fully saturated rings. The zero-order valence-corrected chi connectivity index (χ0v) is 7.89. The van der Waals surface area contributed by atoms with Gasteiger partial charge in [-0.2, -0.15) is 0 Å². The first-order valence-corrected chi connectivity index (χ1v) is 4.50. The molecule has 1 aromatic rings. The van der Waals surface area contributed by atoms with E-state index in [1.165, 1.54) is 6.21 Å². The van der Waals surface area contributed by atoms with Crippen molar-refractivity contribution in [2.75, 3.05) is 13.2 Å². The van der Waals surface area contributed by atoms with Crippen LogP contribution in [0.5, 0.6) is 0 Å². The van der Waals surface area contributed by atoms with E-state index in [4.69, 9.17) is 5.11 Å². The molecule has 0 aliphatic carbocycles. The molecule has 0 aliphatic heterocycles. The van der Waals surface area contributed by atoms with Crippen LogP contribution >= 0.6 is 0 Å². The Labute approximate surface area is 83.1 Å². The third-order valence-electron chi connectivity index (χ3n) is 1.69. The van der Waals surface area contributed by atoms with Crippen molar-refractivity contribution in [3.05, 3.63) is 35.9 Å². The number of hydrogen-bond acceptors (Lipinski definition) is 3. The number of benzene rings is 1. The Morgan fingerprint density at radius 3 is 2.71 bits per heavy atom. The number of nitrogens with zero attached hydrogens (tertiary/aromatic N) is 1. The number of Topliss-reactive ketones (excluding diaryl/α,β-unsaturated/α-hetero) is 1. The fourth-order valence-electron chi connectivity index (χ4n) is 1.07. The fourth-order valence-corrected chi connectivity index (χ4v) is 1.07. The molecule has 1 N–H and O–H groups in total. The van der Waals surface area contributed by atoms with E-state index in [-0.39, 0.29) is 12.4 Å². The molecule has 0 radical (unpaired) electrons. The van der Waals surface area contributed by atoms with Crippen LogP contribution in [0.25, 0.3) is 0 Å². The normalized spacial score (nSPS) is 10.6. The smallest absolute Gasteiger partial charge is 0.177 e. The van der Waals surface area contributed by atoms with Gasteiger partial charge < -0.3 is 5.11 Å². The number of hydrogen-bond donors (Lipinski definition) is 1. The molecule has 0 unspecified atom stereocenters. The summed E-state index contributed by atoms with van der Waals surface area (Å²) in [5, 5.41) is 8.44. The Morgan fingerprint density at radius 2 is 2.07 bits per heavy atom. The second-order valence-electron chi connectivity index (χ2n) is 2.89. The molecule has 0 atom stereocenters. The monoisotopic (exact) mass is 191 g/mol. The fraction of sp³-hybridized carbons (Fsp3) is 0.273. The van der Waals surface area contributed by atoms with E-state index < -0.39 is 0 Å². The Kier molecular flexibility index (Phi) is 4.58. The van der Waals surface area contributed by atoms with Crippen molar-refractivity contribution in [3.63, 3.8) is 0 Å².